The number of halogens is 1. The Morgan fingerprint density at radius 2 is 2.25 bits per heavy atom. The van der Waals surface area contributed by atoms with Gasteiger partial charge in [0, 0.05) is 55.1 Å². The molecule has 0 aliphatic rings. The largest absolute Gasteiger partial charge is 0.312 e. The first-order valence-electron chi connectivity index (χ1n) is 6.18. The molecule has 1 aromatic heterocycles. The molecule has 0 bridgehead atoms. The summed E-state index contributed by atoms with van der Waals surface area (Å²) < 4.78 is 2.56. The number of aromatic nitrogens is 2. The van der Waals surface area contributed by atoms with Crippen molar-refractivity contribution < 1.29 is 4.92 Å². The quantitative estimate of drug-likeness (QED) is 0.498. The van der Waals surface area contributed by atoms with E-state index in [1.165, 1.54) is 6.07 Å². The van der Waals surface area contributed by atoms with Gasteiger partial charge in [0.2, 0.25) is 0 Å². The Bertz CT molecular complexity index is 612. The Morgan fingerprint density at radius 1 is 1.45 bits per heavy atom. The fourth-order valence-electron chi connectivity index (χ4n) is 1.94. The van der Waals surface area contributed by atoms with Crippen molar-refractivity contribution in [3.8, 4) is 0 Å². The second-order valence-electron chi connectivity index (χ2n) is 4.45. The van der Waals surface area contributed by atoms with Gasteiger partial charge in [0.25, 0.3) is 5.69 Å². The molecule has 0 radical (unpaired) electrons. The number of benzene rings is 1. The van der Waals surface area contributed by atoms with Crippen LogP contribution in [0.2, 0.25) is 0 Å². The zero-order chi connectivity index (χ0) is 14.5. The van der Waals surface area contributed by atoms with E-state index >= 15 is 0 Å². The van der Waals surface area contributed by atoms with Crippen molar-refractivity contribution in [2.75, 3.05) is 6.54 Å². The molecule has 1 aromatic carbocycles. The fraction of sp³-hybridized carbons (Fsp3) is 0.308. The summed E-state index contributed by atoms with van der Waals surface area (Å²) in [5.41, 5.74) is 2.14. The van der Waals surface area contributed by atoms with Gasteiger partial charge in [-0.15, -0.1) is 0 Å². The summed E-state index contributed by atoms with van der Waals surface area (Å²) in [6, 6.07) is 6.94. The standard InChI is InChI=1S/C13H15BrN4O2/c1-17-12(3-5-16-17)2-4-15-9-10-6-11(14)8-13(7-10)18(19)20/h3,5-8,15H,2,4,9H2,1H3. The molecule has 6 nitrogen and oxygen atoms in total. The molecule has 0 amide bonds. The summed E-state index contributed by atoms with van der Waals surface area (Å²) in [5.74, 6) is 0. The van der Waals surface area contributed by atoms with Crippen LogP contribution in [-0.4, -0.2) is 21.2 Å². The Labute approximate surface area is 125 Å². The second-order valence-corrected chi connectivity index (χ2v) is 5.36. The molecular formula is C13H15BrN4O2. The lowest BCUT2D eigenvalue weighted by Gasteiger charge is -2.06. The maximum Gasteiger partial charge on any atom is 0.270 e. The van der Waals surface area contributed by atoms with E-state index in [0.717, 1.165) is 28.7 Å². The van der Waals surface area contributed by atoms with Crippen molar-refractivity contribution >= 4 is 21.6 Å². The second kappa shape index (κ2) is 6.62. The highest BCUT2D eigenvalue weighted by Gasteiger charge is 2.08. The summed E-state index contributed by atoms with van der Waals surface area (Å²) in [6.07, 6.45) is 2.64. The van der Waals surface area contributed by atoms with Crippen LogP contribution >= 0.6 is 15.9 Å². The summed E-state index contributed by atoms with van der Waals surface area (Å²) in [6.45, 7) is 1.39. The van der Waals surface area contributed by atoms with Gasteiger partial charge in [0.05, 0.1) is 4.92 Å². The maximum absolute atomic E-state index is 10.8. The van der Waals surface area contributed by atoms with Crippen molar-refractivity contribution in [1.29, 1.82) is 0 Å². The molecule has 0 unspecified atom stereocenters. The normalized spacial score (nSPS) is 10.7. The molecular weight excluding hydrogens is 324 g/mol. The predicted molar refractivity (Wildman–Crippen MR) is 79.4 cm³/mol. The summed E-state index contributed by atoms with van der Waals surface area (Å²) in [4.78, 5) is 10.4. The monoisotopic (exact) mass is 338 g/mol. The number of nitro benzene ring substituents is 1. The van der Waals surface area contributed by atoms with E-state index in [4.69, 9.17) is 0 Å². The molecule has 1 N–H and O–H groups in total. The van der Waals surface area contributed by atoms with Gasteiger partial charge in [0.15, 0.2) is 0 Å². The van der Waals surface area contributed by atoms with E-state index in [1.807, 2.05) is 23.9 Å². The molecule has 0 aliphatic heterocycles. The number of rotatable bonds is 6. The Morgan fingerprint density at radius 3 is 2.90 bits per heavy atom. The smallest absolute Gasteiger partial charge is 0.270 e. The summed E-state index contributed by atoms with van der Waals surface area (Å²) >= 11 is 3.29. The van der Waals surface area contributed by atoms with E-state index in [-0.39, 0.29) is 10.6 Å². The van der Waals surface area contributed by atoms with Crippen molar-refractivity contribution in [3.05, 3.63) is 56.3 Å². The minimum atomic E-state index is -0.385. The highest BCUT2D eigenvalue weighted by atomic mass is 79.9. The Balaban J connectivity index is 1.88. The highest BCUT2D eigenvalue weighted by Crippen LogP contribution is 2.21. The Kier molecular flexibility index (Phi) is 4.86. The molecule has 2 aromatic rings. The third kappa shape index (κ3) is 3.88. The Hall–Kier alpha value is -1.73. The molecule has 0 saturated carbocycles. The number of hydrogen-bond acceptors (Lipinski definition) is 4. The molecule has 0 atom stereocenters. The van der Waals surface area contributed by atoms with E-state index in [1.54, 1.807) is 12.3 Å². The number of nitrogens with one attached hydrogen (secondary N) is 1. The van der Waals surface area contributed by atoms with Gasteiger partial charge in [-0.05, 0) is 17.7 Å². The number of aryl methyl sites for hydroxylation is 1. The average Bonchev–Trinajstić information content (AvgIpc) is 2.80. The minimum Gasteiger partial charge on any atom is -0.312 e. The van der Waals surface area contributed by atoms with Crippen molar-refractivity contribution in [3.63, 3.8) is 0 Å². The third-order valence-corrected chi connectivity index (χ3v) is 3.42. The van der Waals surface area contributed by atoms with E-state index < -0.39 is 0 Å². The van der Waals surface area contributed by atoms with Crippen LogP contribution in [0.15, 0.2) is 34.9 Å². The van der Waals surface area contributed by atoms with Gasteiger partial charge in [-0.3, -0.25) is 14.8 Å². The predicted octanol–water partition coefficient (Wildman–Crippen LogP) is 2.42. The third-order valence-electron chi connectivity index (χ3n) is 2.96. The SMILES string of the molecule is Cn1nccc1CCNCc1cc(Br)cc([N+](=O)[O-])c1. The molecule has 20 heavy (non-hydrogen) atoms. The van der Waals surface area contributed by atoms with Crippen molar-refractivity contribution in [2.45, 2.75) is 13.0 Å². The van der Waals surface area contributed by atoms with Crippen LogP contribution in [0.5, 0.6) is 0 Å². The van der Waals surface area contributed by atoms with Gasteiger partial charge < -0.3 is 5.32 Å². The molecule has 7 heteroatoms. The maximum atomic E-state index is 10.8. The lowest BCUT2D eigenvalue weighted by atomic mass is 10.2. The average molecular weight is 339 g/mol. The zero-order valence-electron chi connectivity index (χ0n) is 11.0. The lowest BCUT2D eigenvalue weighted by molar-refractivity contribution is -0.385. The first-order valence-corrected chi connectivity index (χ1v) is 6.97. The van der Waals surface area contributed by atoms with Crippen LogP contribution in [0.4, 0.5) is 5.69 Å². The number of nitro groups is 1. The molecule has 0 saturated heterocycles. The molecule has 1 heterocycles. The lowest BCUT2D eigenvalue weighted by Crippen LogP contribution is -2.18. The van der Waals surface area contributed by atoms with Gasteiger partial charge >= 0.3 is 0 Å². The van der Waals surface area contributed by atoms with Crippen LogP contribution in [0.3, 0.4) is 0 Å². The van der Waals surface area contributed by atoms with Crippen LogP contribution < -0.4 is 5.32 Å². The van der Waals surface area contributed by atoms with Crippen LogP contribution in [0.25, 0.3) is 0 Å². The molecule has 0 spiro atoms. The van der Waals surface area contributed by atoms with Crippen LogP contribution in [-0.2, 0) is 20.0 Å². The first-order chi connectivity index (χ1) is 9.56. The van der Waals surface area contributed by atoms with Crippen molar-refractivity contribution in [1.82, 2.24) is 15.1 Å². The van der Waals surface area contributed by atoms with E-state index in [9.17, 15) is 10.1 Å². The topological polar surface area (TPSA) is 73.0 Å². The number of nitrogens with zero attached hydrogens (tertiary/aromatic N) is 3. The van der Waals surface area contributed by atoms with Gasteiger partial charge in [-0.25, -0.2) is 0 Å². The summed E-state index contributed by atoms with van der Waals surface area (Å²) in [5, 5.41) is 18.2. The van der Waals surface area contributed by atoms with Crippen LogP contribution in [0, 0.1) is 10.1 Å². The van der Waals surface area contributed by atoms with Gasteiger partial charge in [0.1, 0.15) is 0 Å². The molecule has 2 rings (SSSR count). The molecule has 0 fully saturated rings. The van der Waals surface area contributed by atoms with E-state index in [2.05, 4.69) is 26.3 Å². The number of hydrogen-bond donors (Lipinski definition) is 1. The fourth-order valence-corrected chi connectivity index (χ4v) is 2.47. The van der Waals surface area contributed by atoms with Crippen molar-refractivity contribution in [2.24, 2.45) is 7.05 Å². The minimum absolute atomic E-state index is 0.0998. The zero-order valence-corrected chi connectivity index (χ0v) is 12.6. The van der Waals surface area contributed by atoms with Gasteiger partial charge in [-0.1, -0.05) is 15.9 Å². The number of non-ortho nitro benzene ring substituents is 1. The van der Waals surface area contributed by atoms with Crippen LogP contribution in [0.1, 0.15) is 11.3 Å². The van der Waals surface area contributed by atoms with E-state index in [0.29, 0.717) is 6.54 Å². The first kappa shape index (κ1) is 14.7. The summed E-state index contributed by atoms with van der Waals surface area (Å²) in [7, 11) is 1.91. The molecule has 0 aliphatic carbocycles. The molecule has 106 valence electrons. The van der Waals surface area contributed by atoms with Gasteiger partial charge in [-0.2, -0.15) is 5.10 Å². The highest BCUT2D eigenvalue weighted by molar-refractivity contribution is 9.10.